The molecule has 1 aromatic heterocycles. The number of aromatic nitrogens is 1. The summed E-state index contributed by atoms with van der Waals surface area (Å²) >= 11 is 0. The smallest absolute Gasteiger partial charge is 0.406 e. The van der Waals surface area contributed by atoms with E-state index in [0.29, 0.717) is 5.69 Å². The third-order valence-electron chi connectivity index (χ3n) is 2.87. The van der Waals surface area contributed by atoms with Crippen LogP contribution < -0.4 is 20.7 Å². The Morgan fingerprint density at radius 3 is 2.72 bits per heavy atom. The molecule has 0 spiro atoms. The summed E-state index contributed by atoms with van der Waals surface area (Å²) in [5.41, 5.74) is 0.721. The van der Waals surface area contributed by atoms with Gasteiger partial charge in [-0.15, -0.1) is 0 Å². The van der Waals surface area contributed by atoms with E-state index in [1.807, 2.05) is 0 Å². The molecule has 0 saturated carbocycles. The second-order valence-electron chi connectivity index (χ2n) is 4.76. The van der Waals surface area contributed by atoms with Crippen LogP contribution in [0.2, 0.25) is 0 Å². The molecule has 3 amide bonds. The van der Waals surface area contributed by atoms with Crippen LogP contribution in [0.15, 0.2) is 42.7 Å². The van der Waals surface area contributed by atoms with Gasteiger partial charge in [-0.1, -0.05) is 0 Å². The zero-order valence-corrected chi connectivity index (χ0v) is 13.4. The number of ether oxygens (including phenoxy) is 2. The number of methoxy groups -OCH3 is 1. The average Bonchev–Trinajstić information content (AvgIpc) is 2.58. The number of halogens is 1. The molecule has 0 bridgehead atoms. The average molecular weight is 348 g/mol. The SMILES string of the molecule is COC(=O)NCCOc1cc(F)cc(NC(=O)Nc2cccnc2)c1. The summed E-state index contributed by atoms with van der Waals surface area (Å²) in [4.78, 5) is 26.7. The molecule has 0 aliphatic carbocycles. The minimum atomic E-state index is -0.586. The van der Waals surface area contributed by atoms with E-state index in [-0.39, 0.29) is 24.6 Å². The molecule has 1 aromatic carbocycles. The number of pyridine rings is 1. The van der Waals surface area contributed by atoms with Crippen molar-refractivity contribution in [2.24, 2.45) is 0 Å². The molecule has 0 saturated heterocycles. The number of anilines is 2. The minimum Gasteiger partial charge on any atom is -0.492 e. The highest BCUT2D eigenvalue weighted by molar-refractivity contribution is 5.99. The lowest BCUT2D eigenvalue weighted by molar-refractivity contribution is 0.168. The lowest BCUT2D eigenvalue weighted by Crippen LogP contribution is -2.27. The third-order valence-corrected chi connectivity index (χ3v) is 2.87. The second kappa shape index (κ2) is 9.06. The van der Waals surface area contributed by atoms with E-state index < -0.39 is 17.9 Å². The molecular weight excluding hydrogens is 331 g/mol. The van der Waals surface area contributed by atoms with Crippen molar-refractivity contribution in [3.63, 3.8) is 0 Å². The Balaban J connectivity index is 1.89. The van der Waals surface area contributed by atoms with E-state index in [2.05, 4.69) is 25.7 Å². The van der Waals surface area contributed by atoms with Crippen LogP contribution in [0, 0.1) is 5.82 Å². The van der Waals surface area contributed by atoms with E-state index in [1.165, 1.54) is 25.4 Å². The number of hydrogen-bond donors (Lipinski definition) is 3. The van der Waals surface area contributed by atoms with Crippen LogP contribution in [-0.4, -0.2) is 37.4 Å². The summed E-state index contributed by atoms with van der Waals surface area (Å²) in [6, 6.07) is 6.58. The van der Waals surface area contributed by atoms with E-state index in [1.54, 1.807) is 18.3 Å². The highest BCUT2D eigenvalue weighted by atomic mass is 19.1. The number of nitrogens with zero attached hydrogens (tertiary/aromatic N) is 1. The van der Waals surface area contributed by atoms with Gasteiger partial charge < -0.3 is 25.4 Å². The van der Waals surface area contributed by atoms with Crippen molar-refractivity contribution in [1.82, 2.24) is 10.3 Å². The van der Waals surface area contributed by atoms with Crippen molar-refractivity contribution in [2.45, 2.75) is 0 Å². The molecule has 0 aliphatic rings. The number of nitrogens with one attached hydrogen (secondary N) is 3. The first-order valence-electron chi connectivity index (χ1n) is 7.30. The molecule has 0 radical (unpaired) electrons. The van der Waals surface area contributed by atoms with Gasteiger partial charge in [-0.25, -0.2) is 14.0 Å². The molecule has 0 atom stereocenters. The first-order chi connectivity index (χ1) is 12.1. The maximum absolute atomic E-state index is 13.6. The number of carbonyl (C=O) groups is 2. The van der Waals surface area contributed by atoms with Gasteiger partial charge in [0, 0.05) is 24.0 Å². The number of rotatable bonds is 6. The van der Waals surface area contributed by atoms with Crippen molar-refractivity contribution in [3.05, 3.63) is 48.5 Å². The zero-order valence-electron chi connectivity index (χ0n) is 13.4. The fourth-order valence-corrected chi connectivity index (χ4v) is 1.84. The highest BCUT2D eigenvalue weighted by Gasteiger charge is 2.07. The predicted octanol–water partition coefficient (Wildman–Crippen LogP) is 2.60. The van der Waals surface area contributed by atoms with Gasteiger partial charge in [-0.3, -0.25) is 4.98 Å². The fourth-order valence-electron chi connectivity index (χ4n) is 1.84. The zero-order chi connectivity index (χ0) is 18.1. The minimum absolute atomic E-state index is 0.111. The molecule has 0 unspecified atom stereocenters. The maximum atomic E-state index is 13.6. The van der Waals surface area contributed by atoms with E-state index in [0.717, 1.165) is 6.07 Å². The third kappa shape index (κ3) is 6.34. The van der Waals surface area contributed by atoms with Crippen LogP contribution >= 0.6 is 0 Å². The fraction of sp³-hybridized carbons (Fsp3) is 0.188. The molecule has 132 valence electrons. The Kier molecular flexibility index (Phi) is 6.52. The van der Waals surface area contributed by atoms with Crippen LogP contribution in [0.3, 0.4) is 0 Å². The molecule has 3 N–H and O–H groups in total. The van der Waals surface area contributed by atoms with Gasteiger partial charge in [0.15, 0.2) is 0 Å². The number of benzene rings is 1. The summed E-state index contributed by atoms with van der Waals surface area (Å²) in [7, 11) is 1.25. The van der Waals surface area contributed by atoms with Crippen LogP contribution in [-0.2, 0) is 4.74 Å². The van der Waals surface area contributed by atoms with E-state index in [9.17, 15) is 14.0 Å². The summed E-state index contributed by atoms with van der Waals surface area (Å²) in [5.74, 6) is -0.363. The molecule has 1 heterocycles. The Morgan fingerprint density at radius 2 is 2.00 bits per heavy atom. The number of hydrogen-bond acceptors (Lipinski definition) is 5. The molecule has 0 fully saturated rings. The Hall–Kier alpha value is -3.36. The van der Waals surface area contributed by atoms with E-state index in [4.69, 9.17) is 4.74 Å². The Bertz CT molecular complexity index is 727. The summed E-state index contributed by atoms with van der Waals surface area (Å²) in [6.07, 6.45) is 2.47. The number of alkyl carbamates (subject to hydrolysis) is 1. The van der Waals surface area contributed by atoms with Gasteiger partial charge in [0.2, 0.25) is 0 Å². The molecule has 0 aliphatic heterocycles. The first kappa shape index (κ1) is 18.0. The van der Waals surface area contributed by atoms with E-state index >= 15 is 0 Å². The van der Waals surface area contributed by atoms with Gasteiger partial charge >= 0.3 is 12.1 Å². The topological polar surface area (TPSA) is 102 Å². The van der Waals surface area contributed by atoms with Crippen LogP contribution in [0.25, 0.3) is 0 Å². The van der Waals surface area contributed by atoms with Crippen molar-refractivity contribution >= 4 is 23.5 Å². The Morgan fingerprint density at radius 1 is 1.20 bits per heavy atom. The number of carbonyl (C=O) groups excluding carboxylic acids is 2. The monoisotopic (exact) mass is 348 g/mol. The van der Waals surface area contributed by atoms with Gasteiger partial charge in [-0.05, 0) is 18.2 Å². The van der Waals surface area contributed by atoms with Crippen molar-refractivity contribution in [1.29, 1.82) is 0 Å². The molecular formula is C16H17FN4O4. The Labute approximate surface area is 143 Å². The predicted molar refractivity (Wildman–Crippen MR) is 89.2 cm³/mol. The molecule has 8 nitrogen and oxygen atoms in total. The van der Waals surface area contributed by atoms with Crippen LogP contribution in [0.1, 0.15) is 0 Å². The summed E-state index contributed by atoms with van der Waals surface area (Å²) in [6.45, 7) is 0.299. The largest absolute Gasteiger partial charge is 0.492 e. The van der Waals surface area contributed by atoms with Crippen molar-refractivity contribution in [2.75, 3.05) is 30.9 Å². The second-order valence-corrected chi connectivity index (χ2v) is 4.76. The van der Waals surface area contributed by atoms with Gasteiger partial charge in [0.25, 0.3) is 0 Å². The van der Waals surface area contributed by atoms with Gasteiger partial charge in [-0.2, -0.15) is 0 Å². The summed E-state index contributed by atoms with van der Waals surface area (Å²) < 4.78 is 23.4. The van der Waals surface area contributed by atoms with Crippen molar-refractivity contribution in [3.8, 4) is 5.75 Å². The number of urea groups is 1. The lowest BCUT2D eigenvalue weighted by atomic mass is 10.3. The quantitative estimate of drug-likeness (QED) is 0.697. The highest BCUT2D eigenvalue weighted by Crippen LogP contribution is 2.20. The molecule has 25 heavy (non-hydrogen) atoms. The first-order valence-corrected chi connectivity index (χ1v) is 7.30. The maximum Gasteiger partial charge on any atom is 0.406 e. The lowest BCUT2D eigenvalue weighted by Gasteiger charge is -2.11. The van der Waals surface area contributed by atoms with Gasteiger partial charge in [0.1, 0.15) is 18.2 Å². The molecule has 2 aromatic rings. The normalized spacial score (nSPS) is 9.84. The van der Waals surface area contributed by atoms with Gasteiger partial charge in [0.05, 0.1) is 25.5 Å². The molecule has 2 rings (SSSR count). The number of amides is 3. The van der Waals surface area contributed by atoms with Crippen molar-refractivity contribution < 1.29 is 23.5 Å². The standard InChI is InChI=1S/C16H17FN4O4/c1-24-16(23)19-5-6-25-14-8-11(17)7-13(9-14)21-15(22)20-12-3-2-4-18-10-12/h2-4,7-10H,5-6H2,1H3,(H,19,23)(H2,20,21,22). The summed E-state index contributed by atoms with van der Waals surface area (Å²) in [5, 5.41) is 7.49. The van der Waals surface area contributed by atoms with Crippen LogP contribution in [0.5, 0.6) is 5.75 Å². The van der Waals surface area contributed by atoms with Crippen LogP contribution in [0.4, 0.5) is 25.4 Å². The molecule has 9 heteroatoms.